The van der Waals surface area contributed by atoms with Gasteiger partial charge in [0.1, 0.15) is 18.4 Å². The highest BCUT2D eigenvalue weighted by atomic mass is 16.5. The van der Waals surface area contributed by atoms with Crippen molar-refractivity contribution in [2.24, 2.45) is 5.10 Å². The zero-order valence-electron chi connectivity index (χ0n) is 17.2. The number of carbonyl (C=O) groups excluding carboxylic acids is 1. The van der Waals surface area contributed by atoms with E-state index in [-0.39, 0.29) is 11.9 Å². The minimum Gasteiger partial charge on any atom is -0.483 e. The monoisotopic (exact) mass is 413 g/mol. The summed E-state index contributed by atoms with van der Waals surface area (Å²) in [4.78, 5) is 14.3. The van der Waals surface area contributed by atoms with Gasteiger partial charge in [0.25, 0.3) is 5.91 Å². The second-order valence-electron chi connectivity index (χ2n) is 8.23. The van der Waals surface area contributed by atoms with Crippen molar-refractivity contribution in [2.75, 3.05) is 29.9 Å². The van der Waals surface area contributed by atoms with E-state index >= 15 is 0 Å². The second kappa shape index (κ2) is 6.99. The number of hydrogen-bond donors (Lipinski definition) is 3. The van der Waals surface area contributed by atoms with Crippen LogP contribution in [0.4, 0.5) is 11.4 Å². The Morgan fingerprint density at radius 3 is 2.77 bits per heavy atom. The molecular weight excluding hydrogens is 390 g/mol. The van der Waals surface area contributed by atoms with Crippen LogP contribution in [0.15, 0.2) is 59.7 Å². The Kier molecular flexibility index (Phi) is 4.11. The first-order chi connectivity index (χ1) is 15.2. The smallest absolute Gasteiger partial charge is 0.262 e. The fourth-order valence-electron chi connectivity index (χ4n) is 4.48. The molecule has 7 nitrogen and oxygen atoms in total. The van der Waals surface area contributed by atoms with Gasteiger partial charge >= 0.3 is 0 Å². The number of ether oxygens (including phenoxy) is 1. The van der Waals surface area contributed by atoms with Crippen molar-refractivity contribution in [3.8, 4) is 16.9 Å². The molecule has 3 heterocycles. The first-order valence-electron chi connectivity index (χ1n) is 10.6. The third kappa shape index (κ3) is 2.92. The number of carbonyl (C=O) groups is 1. The SMILES string of the molecule is C[C@H]1C(=O)NN=C2COc3cc(-c4cccc5ccccc45)c(NC4CNC4)cc3N21. The molecule has 1 saturated heterocycles. The van der Waals surface area contributed by atoms with Crippen LogP contribution in [-0.4, -0.2) is 43.5 Å². The molecule has 3 N–H and O–H groups in total. The van der Waals surface area contributed by atoms with Crippen LogP contribution in [0.2, 0.25) is 0 Å². The Bertz CT molecular complexity index is 1230. The van der Waals surface area contributed by atoms with Crippen LogP contribution in [0.3, 0.4) is 0 Å². The number of benzene rings is 3. The normalized spacial score (nSPS) is 20.2. The molecule has 1 fully saturated rings. The van der Waals surface area contributed by atoms with E-state index in [0.717, 1.165) is 41.3 Å². The first-order valence-corrected chi connectivity index (χ1v) is 10.6. The highest BCUT2D eigenvalue weighted by Gasteiger charge is 2.36. The van der Waals surface area contributed by atoms with Crippen LogP contribution in [0.5, 0.6) is 5.75 Å². The van der Waals surface area contributed by atoms with E-state index in [1.807, 2.05) is 11.8 Å². The summed E-state index contributed by atoms with van der Waals surface area (Å²) in [6, 6.07) is 19.0. The minimum atomic E-state index is -0.350. The van der Waals surface area contributed by atoms with E-state index in [0.29, 0.717) is 18.5 Å². The van der Waals surface area contributed by atoms with E-state index in [1.165, 1.54) is 10.8 Å². The molecule has 156 valence electrons. The van der Waals surface area contributed by atoms with E-state index < -0.39 is 0 Å². The Hall–Kier alpha value is -3.58. The number of amidine groups is 1. The average Bonchev–Trinajstić information content (AvgIpc) is 2.77. The summed E-state index contributed by atoms with van der Waals surface area (Å²) < 4.78 is 6.09. The lowest BCUT2D eigenvalue weighted by atomic mass is 9.95. The topological polar surface area (TPSA) is 78.0 Å². The number of rotatable bonds is 3. The fraction of sp³-hybridized carbons (Fsp3) is 0.250. The molecule has 1 atom stereocenters. The molecule has 1 amide bonds. The molecule has 0 bridgehead atoms. The lowest BCUT2D eigenvalue weighted by Gasteiger charge is -2.39. The zero-order valence-corrected chi connectivity index (χ0v) is 17.2. The molecule has 3 aromatic carbocycles. The Balaban J connectivity index is 1.54. The molecule has 0 spiro atoms. The summed E-state index contributed by atoms with van der Waals surface area (Å²) in [7, 11) is 0. The third-order valence-corrected chi connectivity index (χ3v) is 6.28. The van der Waals surface area contributed by atoms with E-state index in [1.54, 1.807) is 0 Å². The predicted molar refractivity (Wildman–Crippen MR) is 123 cm³/mol. The summed E-state index contributed by atoms with van der Waals surface area (Å²) in [5.74, 6) is 1.36. The summed E-state index contributed by atoms with van der Waals surface area (Å²) in [6.07, 6.45) is 0. The molecule has 0 aliphatic carbocycles. The van der Waals surface area contributed by atoms with Crippen molar-refractivity contribution < 1.29 is 9.53 Å². The summed E-state index contributed by atoms with van der Waals surface area (Å²) >= 11 is 0. The van der Waals surface area contributed by atoms with Crippen molar-refractivity contribution in [3.63, 3.8) is 0 Å². The lowest BCUT2D eigenvalue weighted by molar-refractivity contribution is -0.122. The summed E-state index contributed by atoms with van der Waals surface area (Å²) in [6.45, 7) is 4.07. The Morgan fingerprint density at radius 1 is 1.10 bits per heavy atom. The number of nitrogens with one attached hydrogen (secondary N) is 3. The van der Waals surface area contributed by atoms with Crippen molar-refractivity contribution in [3.05, 3.63) is 54.6 Å². The van der Waals surface area contributed by atoms with Crippen molar-refractivity contribution in [1.82, 2.24) is 10.7 Å². The van der Waals surface area contributed by atoms with Gasteiger partial charge in [0, 0.05) is 24.3 Å². The molecular formula is C24H23N5O2. The van der Waals surface area contributed by atoms with Crippen molar-refractivity contribution >= 4 is 33.9 Å². The molecule has 0 aromatic heterocycles. The van der Waals surface area contributed by atoms with Gasteiger partial charge in [0.05, 0.1) is 11.7 Å². The molecule has 7 heteroatoms. The molecule has 6 rings (SSSR count). The molecule has 3 aliphatic rings. The number of hydrazone groups is 1. The maximum atomic E-state index is 12.3. The van der Waals surface area contributed by atoms with Gasteiger partial charge in [0.15, 0.2) is 5.84 Å². The van der Waals surface area contributed by atoms with E-state index in [2.05, 4.69) is 75.8 Å². The molecule has 31 heavy (non-hydrogen) atoms. The Labute approximate surface area is 180 Å². The van der Waals surface area contributed by atoms with Gasteiger partial charge in [0.2, 0.25) is 0 Å². The molecule has 3 aliphatic heterocycles. The van der Waals surface area contributed by atoms with Gasteiger partial charge in [-0.25, -0.2) is 5.43 Å². The first kappa shape index (κ1) is 18.2. The second-order valence-corrected chi connectivity index (χ2v) is 8.23. The van der Waals surface area contributed by atoms with Crippen molar-refractivity contribution in [2.45, 2.75) is 19.0 Å². The number of amides is 1. The number of anilines is 2. The van der Waals surface area contributed by atoms with Crippen LogP contribution >= 0.6 is 0 Å². The molecule has 0 saturated carbocycles. The fourth-order valence-corrected chi connectivity index (χ4v) is 4.48. The van der Waals surface area contributed by atoms with Crippen LogP contribution in [0.1, 0.15) is 6.92 Å². The lowest BCUT2D eigenvalue weighted by Crippen LogP contribution is -2.55. The summed E-state index contributed by atoms with van der Waals surface area (Å²) in [5.41, 5.74) is 6.74. The minimum absolute atomic E-state index is 0.118. The van der Waals surface area contributed by atoms with Gasteiger partial charge in [-0.1, -0.05) is 42.5 Å². The van der Waals surface area contributed by atoms with Gasteiger partial charge in [-0.3, -0.25) is 4.79 Å². The van der Waals surface area contributed by atoms with Crippen LogP contribution in [0.25, 0.3) is 21.9 Å². The number of nitrogens with zero attached hydrogens (tertiary/aromatic N) is 2. The van der Waals surface area contributed by atoms with Gasteiger partial charge < -0.3 is 20.3 Å². The third-order valence-electron chi connectivity index (χ3n) is 6.28. The van der Waals surface area contributed by atoms with E-state index in [9.17, 15) is 4.79 Å². The number of hydrogen-bond acceptors (Lipinski definition) is 6. The average molecular weight is 413 g/mol. The maximum Gasteiger partial charge on any atom is 0.262 e. The largest absolute Gasteiger partial charge is 0.483 e. The predicted octanol–water partition coefficient (Wildman–Crippen LogP) is 2.92. The summed E-state index contributed by atoms with van der Waals surface area (Å²) in [5, 5.41) is 13.6. The highest BCUT2D eigenvalue weighted by Crippen LogP contribution is 2.44. The zero-order chi connectivity index (χ0) is 20.9. The molecule has 0 unspecified atom stereocenters. The maximum absolute atomic E-state index is 12.3. The molecule has 3 aromatic rings. The van der Waals surface area contributed by atoms with E-state index in [4.69, 9.17) is 4.74 Å². The van der Waals surface area contributed by atoms with Gasteiger partial charge in [-0.05, 0) is 35.4 Å². The Morgan fingerprint density at radius 2 is 1.94 bits per heavy atom. The standard InChI is InChI=1S/C24H23N5O2/c1-14-24(30)28-27-23-13-31-22-9-19(18-8-4-6-15-5-2-3-7-17(15)18)20(10-21(22)29(14)23)26-16-11-25-12-16/h2-10,14,16,25-26H,11-13H2,1H3,(H,28,30)/t14-/m0/s1. The molecule has 0 radical (unpaired) electrons. The van der Waals surface area contributed by atoms with Gasteiger partial charge in [-0.15, -0.1) is 0 Å². The number of fused-ring (bicyclic) bond motifs is 4. The van der Waals surface area contributed by atoms with Crippen molar-refractivity contribution in [1.29, 1.82) is 0 Å². The van der Waals surface area contributed by atoms with Crippen LogP contribution in [0, 0.1) is 0 Å². The van der Waals surface area contributed by atoms with Crippen LogP contribution < -0.4 is 25.7 Å². The van der Waals surface area contributed by atoms with Gasteiger partial charge in [-0.2, -0.15) is 5.10 Å². The highest BCUT2D eigenvalue weighted by molar-refractivity contribution is 6.10. The van der Waals surface area contributed by atoms with Crippen LogP contribution in [-0.2, 0) is 4.79 Å². The quantitative estimate of drug-likeness (QED) is 0.616.